The van der Waals surface area contributed by atoms with Gasteiger partial charge in [0.1, 0.15) is 6.04 Å². The van der Waals surface area contributed by atoms with Gasteiger partial charge in [0.2, 0.25) is 0 Å². The topological polar surface area (TPSA) is 97.5 Å². The average Bonchev–Trinajstić information content (AvgIpc) is 1.90. The maximum absolute atomic E-state index is 9.95. The molecule has 0 aliphatic heterocycles. The Balaban J connectivity index is 0. The first kappa shape index (κ1) is 12.8. The summed E-state index contributed by atoms with van der Waals surface area (Å²) in [7, 11) is 0. The van der Waals surface area contributed by atoms with Crippen LogP contribution in [0.15, 0.2) is 0 Å². The summed E-state index contributed by atoms with van der Waals surface area (Å²) in [6.45, 7) is 0. The van der Waals surface area contributed by atoms with E-state index < -0.39 is 12.0 Å². The lowest BCUT2D eigenvalue weighted by Crippen LogP contribution is -2.32. The summed E-state index contributed by atoms with van der Waals surface area (Å²) in [5.74, 6) is -0.450. The van der Waals surface area contributed by atoms with Crippen molar-refractivity contribution in [3.05, 3.63) is 0 Å². The number of carboxylic acid groups (broad SMARTS) is 1. The lowest BCUT2D eigenvalue weighted by Gasteiger charge is -2.00. The Kier molecular flexibility index (Phi) is 10.7. The van der Waals surface area contributed by atoms with Crippen LogP contribution in [-0.2, 0) is 14.4 Å². The molecule has 0 unspecified atom stereocenters. The number of carboxylic acids is 1. The fraction of sp³-hybridized carbons (Fsp3) is 0.600. The first-order valence-corrected chi connectivity index (χ1v) is 3.96. The van der Waals surface area contributed by atoms with E-state index in [9.17, 15) is 4.79 Å². The molecule has 64 valence electrons. The van der Waals surface area contributed by atoms with E-state index in [1.54, 1.807) is 0 Å². The highest BCUT2D eigenvalue weighted by Gasteiger charge is 2.08. The van der Waals surface area contributed by atoms with Crippen LogP contribution in [-0.4, -0.2) is 35.3 Å². The zero-order valence-corrected chi connectivity index (χ0v) is 6.76. The summed E-state index contributed by atoms with van der Waals surface area (Å²) in [5, 5.41) is 8.17. The van der Waals surface area contributed by atoms with E-state index in [0.29, 0.717) is 5.75 Å². The molecule has 0 aliphatic carbocycles. The zero-order chi connectivity index (χ0) is 9.28. The van der Waals surface area contributed by atoms with E-state index in [-0.39, 0.29) is 6.15 Å². The minimum atomic E-state index is -0.931. The predicted octanol–water partition coefficient (Wildman–Crippen LogP) is -0.822. The molecule has 11 heavy (non-hydrogen) atoms. The number of hydrogen-bond donors (Lipinski definition) is 2. The van der Waals surface area contributed by atoms with Crippen LogP contribution in [0.2, 0.25) is 0 Å². The lowest BCUT2D eigenvalue weighted by atomic mass is 10.4. The average molecular weight is 179 g/mol. The number of carbonyl (C=O) groups is 1. The van der Waals surface area contributed by atoms with E-state index in [1.165, 1.54) is 11.8 Å². The van der Waals surface area contributed by atoms with Crippen molar-refractivity contribution in [2.45, 2.75) is 6.04 Å². The van der Waals surface area contributed by atoms with Crippen LogP contribution in [0.1, 0.15) is 0 Å². The van der Waals surface area contributed by atoms with Crippen LogP contribution in [0, 0.1) is 0 Å². The Morgan fingerprint density at radius 3 is 2.18 bits per heavy atom. The predicted molar refractivity (Wildman–Crippen MR) is 39.0 cm³/mol. The van der Waals surface area contributed by atoms with Gasteiger partial charge in [-0.3, -0.25) is 4.79 Å². The van der Waals surface area contributed by atoms with Crippen LogP contribution in [0.3, 0.4) is 0 Å². The number of carbonyl (C=O) groups excluding carboxylic acids is 2. The van der Waals surface area contributed by atoms with E-state index in [0.717, 1.165) is 0 Å². The molecule has 1 atom stereocenters. The highest BCUT2D eigenvalue weighted by molar-refractivity contribution is 7.98. The van der Waals surface area contributed by atoms with Crippen LogP contribution in [0.25, 0.3) is 0 Å². The molecule has 0 radical (unpaired) electrons. The molecule has 0 aromatic heterocycles. The van der Waals surface area contributed by atoms with Crippen LogP contribution in [0.4, 0.5) is 0 Å². The molecular weight excluding hydrogens is 170 g/mol. The molecule has 0 bridgehead atoms. The van der Waals surface area contributed by atoms with Crippen molar-refractivity contribution in [3.8, 4) is 0 Å². The molecule has 3 N–H and O–H groups in total. The van der Waals surface area contributed by atoms with Crippen LogP contribution in [0.5, 0.6) is 0 Å². The standard InChI is InChI=1S/C4H9NO2S.CO2/c1-8-2-3(5)4(6)7;2-1-3/h3H,2,5H2,1H3,(H,6,7);/t3-;/m0./s1. The van der Waals surface area contributed by atoms with Gasteiger partial charge < -0.3 is 10.8 Å². The number of nitrogens with two attached hydrogens (primary N) is 1. The van der Waals surface area contributed by atoms with Crippen molar-refractivity contribution in [3.63, 3.8) is 0 Å². The highest BCUT2D eigenvalue weighted by Crippen LogP contribution is 1.93. The second kappa shape index (κ2) is 9.16. The maximum atomic E-state index is 9.95. The van der Waals surface area contributed by atoms with Crippen LogP contribution < -0.4 is 5.73 Å². The molecule has 0 saturated carbocycles. The minimum absolute atomic E-state index is 0.250. The Labute approximate surface area is 67.9 Å². The van der Waals surface area contributed by atoms with Gasteiger partial charge in [-0.15, -0.1) is 0 Å². The molecule has 0 spiro atoms. The van der Waals surface area contributed by atoms with Crippen molar-refractivity contribution in [1.29, 1.82) is 0 Å². The molecule has 5 nitrogen and oxygen atoms in total. The third kappa shape index (κ3) is 12.4. The molecule has 0 heterocycles. The second-order valence-corrected chi connectivity index (χ2v) is 2.39. The van der Waals surface area contributed by atoms with E-state index in [2.05, 4.69) is 0 Å². The zero-order valence-electron chi connectivity index (χ0n) is 5.94. The SMILES string of the molecule is CSC[C@H](N)C(=O)O.O=C=O. The number of aliphatic carboxylic acids is 1. The Morgan fingerprint density at radius 1 is 1.73 bits per heavy atom. The number of rotatable bonds is 3. The summed E-state index contributed by atoms with van der Waals surface area (Å²) in [4.78, 5) is 26.2. The quantitative estimate of drug-likeness (QED) is 0.587. The summed E-state index contributed by atoms with van der Waals surface area (Å²) >= 11 is 1.43. The molecule has 0 aromatic carbocycles. The molecule has 0 fully saturated rings. The second-order valence-electron chi connectivity index (χ2n) is 1.48. The van der Waals surface area contributed by atoms with Crippen LogP contribution >= 0.6 is 11.8 Å². The number of hydrogen-bond acceptors (Lipinski definition) is 5. The van der Waals surface area contributed by atoms with Crippen molar-refractivity contribution >= 4 is 23.9 Å². The van der Waals surface area contributed by atoms with Crippen molar-refractivity contribution < 1.29 is 19.5 Å². The van der Waals surface area contributed by atoms with Gasteiger partial charge in [-0.2, -0.15) is 21.4 Å². The summed E-state index contributed by atoms with van der Waals surface area (Å²) in [5.41, 5.74) is 5.11. The van der Waals surface area contributed by atoms with Gasteiger partial charge in [0.25, 0.3) is 0 Å². The monoisotopic (exact) mass is 179 g/mol. The van der Waals surface area contributed by atoms with Gasteiger partial charge in [-0.05, 0) is 6.26 Å². The van der Waals surface area contributed by atoms with E-state index in [4.69, 9.17) is 20.4 Å². The van der Waals surface area contributed by atoms with E-state index >= 15 is 0 Å². The van der Waals surface area contributed by atoms with Gasteiger partial charge in [0.15, 0.2) is 0 Å². The van der Waals surface area contributed by atoms with Gasteiger partial charge >= 0.3 is 12.1 Å². The first-order chi connectivity index (χ1) is 5.09. The molecule has 0 aromatic rings. The van der Waals surface area contributed by atoms with Gasteiger partial charge in [-0.1, -0.05) is 0 Å². The summed E-state index contributed by atoms with van der Waals surface area (Å²) < 4.78 is 0. The lowest BCUT2D eigenvalue weighted by molar-refractivity contribution is -0.191. The smallest absolute Gasteiger partial charge is 0.373 e. The third-order valence-corrected chi connectivity index (χ3v) is 1.36. The summed E-state index contributed by atoms with van der Waals surface area (Å²) in [6, 6.07) is -0.704. The van der Waals surface area contributed by atoms with Gasteiger partial charge in [-0.25, -0.2) is 0 Å². The molecule has 0 amide bonds. The van der Waals surface area contributed by atoms with Crippen molar-refractivity contribution in [2.75, 3.05) is 12.0 Å². The fourth-order valence-electron chi connectivity index (χ4n) is 0.251. The first-order valence-electron chi connectivity index (χ1n) is 2.56. The molecule has 0 saturated heterocycles. The summed E-state index contributed by atoms with van der Waals surface area (Å²) in [6.07, 6.45) is 2.07. The normalized spacial score (nSPS) is 10.4. The Bertz CT molecular complexity index is 143. The molecule has 6 heteroatoms. The van der Waals surface area contributed by atoms with Crippen molar-refractivity contribution in [1.82, 2.24) is 0 Å². The van der Waals surface area contributed by atoms with Gasteiger partial charge in [0.05, 0.1) is 0 Å². The number of thioether (sulfide) groups is 1. The minimum Gasteiger partial charge on any atom is -0.480 e. The van der Waals surface area contributed by atoms with E-state index in [1.807, 2.05) is 6.26 Å². The Hall–Kier alpha value is -0.840. The molecule has 0 rings (SSSR count). The third-order valence-electron chi connectivity index (χ3n) is 0.663. The van der Waals surface area contributed by atoms with Gasteiger partial charge in [0, 0.05) is 5.75 Å². The largest absolute Gasteiger partial charge is 0.480 e. The Morgan fingerprint density at radius 2 is 2.09 bits per heavy atom. The highest BCUT2D eigenvalue weighted by atomic mass is 32.2. The molecular formula is C5H9NO4S. The molecule has 0 aliphatic rings. The van der Waals surface area contributed by atoms with Crippen molar-refractivity contribution in [2.24, 2.45) is 5.73 Å². The maximum Gasteiger partial charge on any atom is 0.373 e. The fourth-order valence-corrected chi connectivity index (χ4v) is 0.753.